The Morgan fingerprint density at radius 1 is 0.793 bits per heavy atom. The zero-order valence-electron chi connectivity index (χ0n) is 17.5. The second-order valence-corrected chi connectivity index (χ2v) is 7.21. The van der Waals surface area contributed by atoms with Gasteiger partial charge in [0.1, 0.15) is 24.9 Å². The molecule has 0 aromatic carbocycles. The number of hydrogen-bond acceptors (Lipinski definition) is 8. The maximum absolute atomic E-state index is 11.7. The minimum Gasteiger partial charge on any atom is -0.463 e. The quantitative estimate of drug-likeness (QED) is 0.180. The van der Waals surface area contributed by atoms with Gasteiger partial charge < -0.3 is 25.2 Å². The molecule has 170 valence electrons. The highest BCUT2D eigenvalue weighted by Gasteiger charge is 2.35. The minimum absolute atomic E-state index is 0.0639. The maximum atomic E-state index is 11.7. The van der Waals surface area contributed by atoms with E-state index in [0.29, 0.717) is 12.8 Å². The van der Waals surface area contributed by atoms with Gasteiger partial charge >= 0.3 is 5.97 Å². The number of ether oxygens (including phenoxy) is 1. The summed E-state index contributed by atoms with van der Waals surface area (Å²) in [5.41, 5.74) is 0. The van der Waals surface area contributed by atoms with Gasteiger partial charge in [-0.15, -0.1) is 0 Å². The van der Waals surface area contributed by atoms with Crippen LogP contribution in [0.3, 0.4) is 0 Å². The van der Waals surface area contributed by atoms with E-state index in [2.05, 4.69) is 6.92 Å². The number of imide groups is 1. The average molecular weight is 420 g/mol. The lowest BCUT2D eigenvalue weighted by Crippen LogP contribution is -2.52. The molecule has 0 aliphatic heterocycles. The van der Waals surface area contributed by atoms with Crippen LogP contribution in [0.5, 0.6) is 0 Å². The minimum atomic E-state index is -2.12. The summed E-state index contributed by atoms with van der Waals surface area (Å²) >= 11 is 0. The number of unbranched alkanes of at least 4 members (excludes halogenated alkanes) is 6. The van der Waals surface area contributed by atoms with E-state index in [4.69, 9.17) is 4.74 Å². The Balaban J connectivity index is 4.14. The van der Waals surface area contributed by atoms with Crippen molar-refractivity contribution >= 4 is 17.8 Å². The Labute approximate surface area is 172 Å². The highest BCUT2D eigenvalue weighted by molar-refractivity contribution is 5.97. The van der Waals surface area contributed by atoms with Gasteiger partial charge in [-0.25, -0.2) is 0 Å². The summed E-state index contributed by atoms with van der Waals surface area (Å²) in [6, 6.07) is 0. The molecule has 0 heterocycles. The van der Waals surface area contributed by atoms with Gasteiger partial charge in [-0.3, -0.25) is 19.7 Å². The van der Waals surface area contributed by atoms with Crippen molar-refractivity contribution in [1.82, 2.24) is 5.32 Å². The molecule has 2 amide bonds. The van der Waals surface area contributed by atoms with E-state index >= 15 is 0 Å². The van der Waals surface area contributed by atoms with Crippen molar-refractivity contribution in [3.8, 4) is 0 Å². The molecule has 0 aliphatic carbocycles. The van der Waals surface area contributed by atoms with Crippen molar-refractivity contribution in [1.29, 1.82) is 0 Å². The number of rotatable bonds is 16. The van der Waals surface area contributed by atoms with Crippen molar-refractivity contribution in [2.75, 3.05) is 6.61 Å². The first-order valence-corrected chi connectivity index (χ1v) is 10.5. The van der Waals surface area contributed by atoms with E-state index in [-0.39, 0.29) is 12.8 Å². The number of esters is 1. The van der Waals surface area contributed by atoms with Crippen LogP contribution in [0.4, 0.5) is 0 Å². The number of nitrogens with one attached hydrogen (secondary N) is 1. The van der Waals surface area contributed by atoms with Gasteiger partial charge in [0.05, 0.1) is 0 Å². The van der Waals surface area contributed by atoms with E-state index in [1.807, 2.05) is 5.32 Å². The topological polar surface area (TPSA) is 153 Å². The Morgan fingerprint density at radius 2 is 1.38 bits per heavy atom. The summed E-state index contributed by atoms with van der Waals surface area (Å²) in [5.74, 6) is -2.35. The van der Waals surface area contributed by atoms with E-state index in [0.717, 1.165) is 19.3 Å². The van der Waals surface area contributed by atoms with Gasteiger partial charge in [-0.05, 0) is 12.8 Å². The third-order valence-electron chi connectivity index (χ3n) is 4.48. The number of carbonyl (C=O) groups is 3. The molecule has 4 atom stereocenters. The molecule has 0 rings (SSSR count). The molecule has 0 radical (unpaired) electrons. The lowest BCUT2D eigenvalue weighted by atomic mass is 10.0. The highest BCUT2D eigenvalue weighted by atomic mass is 16.5. The van der Waals surface area contributed by atoms with Crippen LogP contribution < -0.4 is 5.32 Å². The van der Waals surface area contributed by atoms with Crippen LogP contribution in [0.1, 0.15) is 78.1 Å². The largest absolute Gasteiger partial charge is 0.463 e. The molecule has 0 aromatic heterocycles. The Kier molecular flexibility index (Phi) is 15.4. The summed E-state index contributed by atoms with van der Waals surface area (Å²) in [6.45, 7) is 3.28. The fraction of sp³-hybridized carbons (Fsp3) is 0.850. The molecule has 0 aliphatic rings. The third kappa shape index (κ3) is 12.6. The summed E-state index contributed by atoms with van der Waals surface area (Å²) in [7, 11) is 0. The SMILES string of the molecule is CCCCCCCCCC(=O)OC[C@@H](O)[C@@H](O)[C@H](O)[C@@H](O)C(=O)NC(=O)CCC. The fourth-order valence-electron chi connectivity index (χ4n) is 2.65. The molecule has 0 fully saturated rings. The zero-order chi connectivity index (χ0) is 22.2. The first-order valence-electron chi connectivity index (χ1n) is 10.5. The molecule has 0 unspecified atom stereocenters. The first-order chi connectivity index (χ1) is 13.7. The second-order valence-electron chi connectivity index (χ2n) is 7.21. The van der Waals surface area contributed by atoms with E-state index < -0.39 is 48.8 Å². The average Bonchev–Trinajstić information content (AvgIpc) is 2.69. The monoisotopic (exact) mass is 419 g/mol. The van der Waals surface area contributed by atoms with E-state index in [1.54, 1.807) is 6.92 Å². The van der Waals surface area contributed by atoms with Crippen LogP contribution >= 0.6 is 0 Å². The van der Waals surface area contributed by atoms with Gasteiger partial charge in [0.25, 0.3) is 5.91 Å². The first kappa shape index (κ1) is 27.5. The van der Waals surface area contributed by atoms with Crippen molar-refractivity contribution in [3.63, 3.8) is 0 Å². The third-order valence-corrected chi connectivity index (χ3v) is 4.48. The lowest BCUT2D eigenvalue weighted by Gasteiger charge is -2.25. The van der Waals surface area contributed by atoms with Crippen LogP contribution in [0.15, 0.2) is 0 Å². The van der Waals surface area contributed by atoms with E-state index in [9.17, 15) is 34.8 Å². The molecule has 5 N–H and O–H groups in total. The van der Waals surface area contributed by atoms with Crippen molar-refractivity contribution in [2.45, 2.75) is 102 Å². The summed E-state index contributed by atoms with van der Waals surface area (Å²) in [5, 5.41) is 41.1. The standard InChI is InChI=1S/C20H37NO8/c1-3-5-6-7-8-9-10-12-16(24)29-13-14(22)17(25)18(26)19(27)20(28)21-15(23)11-4-2/h14,17-19,22,25-27H,3-13H2,1-2H3,(H,21,23,28)/t14-,17-,18+,19-/m1/s1. The summed E-state index contributed by atoms with van der Waals surface area (Å²) < 4.78 is 4.86. The number of aliphatic hydroxyl groups excluding tert-OH is 4. The van der Waals surface area contributed by atoms with Crippen molar-refractivity contribution in [3.05, 3.63) is 0 Å². The maximum Gasteiger partial charge on any atom is 0.305 e. The molecular formula is C20H37NO8. The Hall–Kier alpha value is -1.55. The van der Waals surface area contributed by atoms with Crippen molar-refractivity contribution in [2.24, 2.45) is 0 Å². The van der Waals surface area contributed by atoms with Gasteiger partial charge in [0.2, 0.25) is 5.91 Å². The molecule has 9 heteroatoms. The number of amides is 2. The molecule has 29 heavy (non-hydrogen) atoms. The molecule has 0 aromatic rings. The normalized spacial score (nSPS) is 15.2. The predicted octanol–water partition coefficient (Wildman–Crippen LogP) is 0.557. The van der Waals surface area contributed by atoms with E-state index in [1.165, 1.54) is 19.3 Å². The lowest BCUT2D eigenvalue weighted by molar-refractivity contribution is -0.160. The Morgan fingerprint density at radius 3 is 1.97 bits per heavy atom. The van der Waals surface area contributed by atoms with Gasteiger partial charge in [-0.1, -0.05) is 52.4 Å². The number of carbonyl (C=O) groups excluding carboxylic acids is 3. The van der Waals surface area contributed by atoms with Crippen LogP contribution in [-0.2, 0) is 19.1 Å². The molecular weight excluding hydrogens is 382 g/mol. The second kappa shape index (κ2) is 16.3. The fourth-order valence-corrected chi connectivity index (χ4v) is 2.65. The Bertz CT molecular complexity index is 485. The molecule has 0 bridgehead atoms. The van der Waals surface area contributed by atoms with Gasteiger partial charge in [0, 0.05) is 12.8 Å². The zero-order valence-corrected chi connectivity index (χ0v) is 17.5. The van der Waals surface area contributed by atoms with Crippen LogP contribution in [0.2, 0.25) is 0 Å². The number of aliphatic hydroxyl groups is 4. The smallest absolute Gasteiger partial charge is 0.305 e. The van der Waals surface area contributed by atoms with Crippen molar-refractivity contribution < 1.29 is 39.5 Å². The van der Waals surface area contributed by atoms with Crippen LogP contribution in [0.25, 0.3) is 0 Å². The summed E-state index contributed by atoms with van der Waals surface area (Å²) in [4.78, 5) is 34.7. The molecule has 0 saturated heterocycles. The predicted molar refractivity (Wildman–Crippen MR) is 106 cm³/mol. The van der Waals surface area contributed by atoms with Gasteiger partial charge in [0.15, 0.2) is 6.10 Å². The summed E-state index contributed by atoms with van der Waals surface area (Å²) in [6.07, 6.45) is 0.231. The highest BCUT2D eigenvalue weighted by Crippen LogP contribution is 2.10. The molecule has 0 spiro atoms. The number of hydrogen-bond donors (Lipinski definition) is 5. The van der Waals surface area contributed by atoms with Crippen LogP contribution in [-0.4, -0.2) is 69.2 Å². The molecule has 0 saturated carbocycles. The van der Waals surface area contributed by atoms with Gasteiger partial charge in [-0.2, -0.15) is 0 Å². The molecule has 9 nitrogen and oxygen atoms in total. The van der Waals surface area contributed by atoms with Crippen LogP contribution in [0, 0.1) is 0 Å².